The van der Waals surface area contributed by atoms with Crippen molar-refractivity contribution in [2.24, 2.45) is 0 Å². The molecule has 0 saturated heterocycles. The first-order chi connectivity index (χ1) is 4.31. The molecule has 0 aromatic heterocycles. The van der Waals surface area contributed by atoms with E-state index in [1.807, 2.05) is 0 Å². The molecule has 0 atom stereocenters. The molecule has 0 bridgehead atoms. The quantitative estimate of drug-likeness (QED) is 0.525. The second-order valence-electron chi connectivity index (χ2n) is 4.09. The molecule has 0 rings (SSSR count). The molecule has 10 heavy (non-hydrogen) atoms. The van der Waals surface area contributed by atoms with Gasteiger partial charge < -0.3 is 4.65 Å². The molecule has 0 aliphatic rings. The average molecular weight is 194 g/mol. The van der Waals surface area contributed by atoms with Gasteiger partial charge in [-0.25, -0.2) is 0 Å². The van der Waals surface area contributed by atoms with Gasteiger partial charge in [-0.2, -0.15) is 0 Å². The molecule has 60 valence electrons. The molecule has 0 aliphatic heterocycles. The van der Waals surface area contributed by atoms with Crippen LogP contribution in [0.25, 0.3) is 0 Å². The van der Waals surface area contributed by atoms with Crippen LogP contribution in [0.4, 0.5) is 0 Å². The van der Waals surface area contributed by atoms with E-state index in [0.717, 1.165) is 0 Å². The van der Waals surface area contributed by atoms with Gasteiger partial charge in [0, 0.05) is 0 Å². The normalized spacial score (nSPS) is 13.8. The summed E-state index contributed by atoms with van der Waals surface area (Å²) in [5.74, 6) is 0. The van der Waals surface area contributed by atoms with E-state index in [1.54, 1.807) is 0 Å². The van der Waals surface area contributed by atoms with Gasteiger partial charge in [0.05, 0.1) is 0 Å². The molecule has 0 fully saturated rings. The lowest BCUT2D eigenvalue weighted by Gasteiger charge is -2.36. The van der Waals surface area contributed by atoms with Crippen LogP contribution >= 0.6 is 11.1 Å². The van der Waals surface area contributed by atoms with E-state index in [-0.39, 0.29) is 0 Å². The number of halogens is 1. The van der Waals surface area contributed by atoms with Crippen molar-refractivity contribution >= 4 is 28.3 Å². The van der Waals surface area contributed by atoms with Crippen molar-refractivity contribution in [1.82, 2.24) is 4.65 Å². The Morgan fingerprint density at radius 1 is 1.30 bits per heavy atom. The smallest absolute Gasteiger partial charge is 0.263 e. The second-order valence-corrected chi connectivity index (χ2v) is 10.6. The van der Waals surface area contributed by atoms with Gasteiger partial charge in [-0.1, -0.05) is 33.9 Å². The number of hydrogen-bond donors (Lipinski definition) is 1. The summed E-state index contributed by atoms with van der Waals surface area (Å²) in [6.45, 7) is 11.4. The first-order valence-corrected chi connectivity index (χ1v) is 8.45. The topological polar surface area (TPSA) is 12.0 Å². The average Bonchev–Trinajstić information content (AvgIpc) is 1.61. The fourth-order valence-corrected chi connectivity index (χ4v) is 4.88. The zero-order valence-electron chi connectivity index (χ0n) is 7.38. The highest BCUT2D eigenvalue weighted by molar-refractivity contribution is 6.99. The van der Waals surface area contributed by atoms with Gasteiger partial charge in [-0.3, -0.25) is 0 Å². The Kier molecular flexibility index (Phi) is 3.62. The highest BCUT2D eigenvalue weighted by atomic mass is 35.6. The fourth-order valence-electron chi connectivity index (χ4n) is 0.306. The minimum Gasteiger partial charge on any atom is -0.348 e. The second kappa shape index (κ2) is 3.39. The third-order valence-corrected chi connectivity index (χ3v) is 9.71. The molecule has 0 aromatic rings. The molecule has 0 aromatic carbocycles. The van der Waals surface area contributed by atoms with Gasteiger partial charge in [0.1, 0.15) is 8.24 Å². The van der Waals surface area contributed by atoms with Crippen molar-refractivity contribution in [3.63, 3.8) is 0 Å². The summed E-state index contributed by atoms with van der Waals surface area (Å²) in [5.41, 5.74) is 0. The predicted molar refractivity (Wildman–Crippen MR) is 51.9 cm³/mol. The summed E-state index contributed by atoms with van der Waals surface area (Å²) in [7, 11) is -0.908. The molecule has 4 heteroatoms. The number of hydrogen-bond acceptors (Lipinski definition) is 1. The molecule has 1 N–H and O–H groups in total. The molecular formula is C6H16ClNSi2. The molecule has 0 unspecified atom stereocenters. The predicted octanol–water partition coefficient (Wildman–Crippen LogP) is 2.35. The van der Waals surface area contributed by atoms with Crippen LogP contribution in [0.5, 0.6) is 0 Å². The maximum atomic E-state index is 5.64. The molecule has 0 saturated carbocycles. The van der Waals surface area contributed by atoms with Gasteiger partial charge in [0.2, 0.25) is 0 Å². The molecule has 1 nitrogen and oxygen atoms in total. The summed E-state index contributed by atoms with van der Waals surface area (Å²) in [6, 6.07) is 0. The van der Waals surface area contributed by atoms with Crippen molar-refractivity contribution in [2.45, 2.75) is 38.9 Å². The van der Waals surface area contributed by atoms with E-state index in [4.69, 9.17) is 11.1 Å². The molecule has 0 heterocycles. The van der Waals surface area contributed by atoms with E-state index < -0.39 is 8.24 Å². The highest BCUT2D eigenvalue weighted by Crippen LogP contribution is 2.33. The van der Waals surface area contributed by atoms with Gasteiger partial charge >= 0.3 is 0 Å². The summed E-state index contributed by atoms with van der Waals surface area (Å²) in [5, 5.41) is 0.398. The number of rotatable bonds is 2. The Morgan fingerprint density at radius 2 is 1.70 bits per heavy atom. The maximum Gasteiger partial charge on any atom is 0.263 e. The molecular weight excluding hydrogens is 178 g/mol. The Morgan fingerprint density at radius 3 is 1.80 bits per heavy atom. The first kappa shape index (κ1) is 10.7. The minimum absolute atomic E-state index is 0.367. The Labute approximate surface area is 72.2 Å². The van der Waals surface area contributed by atoms with Gasteiger partial charge in [-0.15, -0.1) is 11.1 Å². The summed E-state index contributed by atoms with van der Waals surface area (Å²) in [4.78, 5) is 0. The van der Waals surface area contributed by atoms with Gasteiger partial charge in [0.15, 0.2) is 0 Å². The van der Waals surface area contributed by atoms with Crippen molar-refractivity contribution in [2.75, 3.05) is 0 Å². The van der Waals surface area contributed by atoms with Gasteiger partial charge in [-0.05, 0) is 5.04 Å². The monoisotopic (exact) mass is 193 g/mol. The highest BCUT2D eigenvalue weighted by Gasteiger charge is 2.34. The first-order valence-electron chi connectivity index (χ1n) is 3.44. The van der Waals surface area contributed by atoms with Crippen LogP contribution in [-0.2, 0) is 0 Å². The SMILES string of the molecule is CC(C)(C)[Si](C)(C)N[Si]Cl. The number of nitrogens with one attached hydrogen (secondary N) is 1. The zero-order chi connectivity index (χ0) is 8.41. The van der Waals surface area contributed by atoms with Crippen LogP contribution in [0, 0.1) is 0 Å². The van der Waals surface area contributed by atoms with E-state index in [0.29, 0.717) is 14.0 Å². The lowest BCUT2D eigenvalue weighted by molar-refractivity contribution is 0.712. The van der Waals surface area contributed by atoms with Crippen molar-refractivity contribution in [1.29, 1.82) is 0 Å². The minimum atomic E-state index is -1.27. The van der Waals surface area contributed by atoms with Crippen molar-refractivity contribution in [3.05, 3.63) is 0 Å². The van der Waals surface area contributed by atoms with Gasteiger partial charge in [0.25, 0.3) is 8.99 Å². The molecule has 0 amide bonds. The summed E-state index contributed by atoms with van der Waals surface area (Å²) >= 11 is 5.64. The van der Waals surface area contributed by atoms with Crippen LogP contribution in [0.15, 0.2) is 0 Å². The fraction of sp³-hybridized carbons (Fsp3) is 1.00. The van der Waals surface area contributed by atoms with Crippen LogP contribution in [-0.4, -0.2) is 17.2 Å². The maximum absolute atomic E-state index is 5.64. The van der Waals surface area contributed by atoms with E-state index >= 15 is 0 Å². The zero-order valence-corrected chi connectivity index (χ0v) is 10.1. The summed E-state index contributed by atoms with van der Waals surface area (Å²) < 4.78 is 3.39. The van der Waals surface area contributed by atoms with Crippen LogP contribution in [0.3, 0.4) is 0 Å². The standard InChI is InChI=1S/C6H16ClNSi2/c1-6(2,3)10(4,5)8-9-7/h8H,1-5H3. The third kappa shape index (κ3) is 2.74. The summed E-state index contributed by atoms with van der Waals surface area (Å²) in [6.07, 6.45) is 0. The molecule has 0 aliphatic carbocycles. The molecule has 0 spiro atoms. The largest absolute Gasteiger partial charge is 0.348 e. The molecule has 2 radical (unpaired) electrons. The van der Waals surface area contributed by atoms with E-state index in [1.165, 1.54) is 0 Å². The van der Waals surface area contributed by atoms with Crippen LogP contribution < -0.4 is 4.65 Å². The Hall–Kier alpha value is 0.684. The Balaban J connectivity index is 4.10. The Bertz CT molecular complexity index is 109. The van der Waals surface area contributed by atoms with Crippen molar-refractivity contribution in [3.8, 4) is 0 Å². The lowest BCUT2D eigenvalue weighted by atomic mass is 10.2. The lowest BCUT2D eigenvalue weighted by Crippen LogP contribution is -2.52. The van der Waals surface area contributed by atoms with Crippen LogP contribution in [0.2, 0.25) is 18.1 Å². The third-order valence-electron chi connectivity index (χ3n) is 2.23. The van der Waals surface area contributed by atoms with Crippen LogP contribution in [0.1, 0.15) is 20.8 Å². The van der Waals surface area contributed by atoms with Crippen molar-refractivity contribution < 1.29 is 0 Å². The van der Waals surface area contributed by atoms with E-state index in [2.05, 4.69) is 38.5 Å². The van der Waals surface area contributed by atoms with E-state index in [9.17, 15) is 0 Å².